The van der Waals surface area contributed by atoms with E-state index in [1.54, 1.807) is 0 Å². The molecule has 0 amide bonds. The molecule has 1 aliphatic carbocycles. The van der Waals surface area contributed by atoms with Crippen LogP contribution in [-0.2, 0) is 0 Å². The molecule has 7 heteroatoms. The molecule has 7 nitrogen and oxygen atoms in total. The number of nitrogens with two attached hydrogens (primary N) is 1. The summed E-state index contributed by atoms with van der Waals surface area (Å²) >= 11 is 0. The Morgan fingerprint density at radius 1 is 0.384 bits per heavy atom. The first-order valence-corrected chi connectivity index (χ1v) is 24.9. The highest BCUT2D eigenvalue weighted by atomic mass is 15.2. The summed E-state index contributed by atoms with van der Waals surface area (Å²) in [5.74, 6) is 0. The Labute approximate surface area is 427 Å². The lowest BCUT2D eigenvalue weighted by Gasteiger charge is -2.36. The van der Waals surface area contributed by atoms with Crippen molar-refractivity contribution in [2.24, 2.45) is 4.99 Å². The van der Waals surface area contributed by atoms with Crippen LogP contribution in [0.4, 0.5) is 85.3 Å². The maximum Gasteiger partial charge on any atom is 0.0660 e. The molecule has 0 saturated carbocycles. The number of para-hydroxylation sites is 7. The Kier molecular flexibility index (Phi) is 12.2. The molecule has 352 valence electrons. The Bertz CT molecular complexity index is 3600. The van der Waals surface area contributed by atoms with Crippen LogP contribution in [-0.4, -0.2) is 11.8 Å². The van der Waals surface area contributed by atoms with Crippen molar-refractivity contribution in [3.63, 3.8) is 0 Å². The van der Waals surface area contributed by atoms with E-state index in [1.807, 2.05) is 24.3 Å². The zero-order chi connectivity index (χ0) is 48.9. The van der Waals surface area contributed by atoms with Crippen LogP contribution in [0.1, 0.15) is 12.8 Å². The fourth-order valence-corrected chi connectivity index (χ4v) is 10.3. The maximum atomic E-state index is 6.53. The number of aliphatic imine (C=N–C) groups is 1. The molecule has 1 aliphatic heterocycles. The molecule has 0 radical (unpaired) electrons. The molecule has 3 N–H and O–H groups in total. The highest BCUT2D eigenvalue weighted by Gasteiger charge is 2.27. The van der Waals surface area contributed by atoms with Gasteiger partial charge in [-0.15, -0.1) is 0 Å². The summed E-state index contributed by atoms with van der Waals surface area (Å²) in [5, 5.41) is 3.67. The van der Waals surface area contributed by atoms with Crippen LogP contribution in [0.2, 0.25) is 0 Å². The third-order valence-electron chi connectivity index (χ3n) is 13.6. The predicted octanol–water partition coefficient (Wildman–Crippen LogP) is 18.0. The summed E-state index contributed by atoms with van der Waals surface area (Å²) in [7, 11) is 0. The number of rotatable bonds is 7. The van der Waals surface area contributed by atoms with Gasteiger partial charge in [-0.2, -0.15) is 0 Å². The minimum Gasteiger partial charge on any atom is -0.397 e. The number of nitrogen functional groups attached to an aromatic ring is 1. The average molecular weight is 944 g/mol. The van der Waals surface area contributed by atoms with Gasteiger partial charge in [-0.05, 0) is 158 Å². The van der Waals surface area contributed by atoms with E-state index in [9.17, 15) is 0 Å². The number of nitrogens with zero attached hydrogens (tertiary/aromatic N) is 5. The molecule has 10 aromatic rings. The lowest BCUT2D eigenvalue weighted by atomic mass is 9.96. The van der Waals surface area contributed by atoms with Gasteiger partial charge in [0.25, 0.3) is 0 Å². The maximum absolute atomic E-state index is 6.53. The van der Waals surface area contributed by atoms with E-state index in [0.29, 0.717) is 5.69 Å². The van der Waals surface area contributed by atoms with E-state index >= 15 is 0 Å². The third-order valence-corrected chi connectivity index (χ3v) is 13.6. The molecule has 1 heterocycles. The van der Waals surface area contributed by atoms with Gasteiger partial charge in [0.1, 0.15) is 0 Å². The van der Waals surface area contributed by atoms with Crippen LogP contribution >= 0.6 is 0 Å². The van der Waals surface area contributed by atoms with Gasteiger partial charge in [-0.25, -0.2) is 0 Å². The second-order valence-electron chi connectivity index (χ2n) is 18.4. The van der Waals surface area contributed by atoms with Crippen molar-refractivity contribution in [2.45, 2.75) is 18.9 Å². The van der Waals surface area contributed by atoms with Crippen molar-refractivity contribution in [2.75, 3.05) is 30.7 Å². The van der Waals surface area contributed by atoms with Gasteiger partial charge in [-0.1, -0.05) is 127 Å². The minimum atomic E-state index is 0.0763. The molecule has 2 aliphatic rings. The van der Waals surface area contributed by atoms with Gasteiger partial charge in [0.2, 0.25) is 0 Å². The molecule has 0 saturated heterocycles. The Morgan fingerprint density at radius 2 is 0.822 bits per heavy atom. The van der Waals surface area contributed by atoms with Gasteiger partial charge in [0.05, 0.1) is 17.1 Å². The van der Waals surface area contributed by atoms with Crippen molar-refractivity contribution in [3.8, 4) is 11.1 Å². The van der Waals surface area contributed by atoms with Crippen molar-refractivity contribution in [1.82, 2.24) is 0 Å². The van der Waals surface area contributed by atoms with Crippen LogP contribution in [0.3, 0.4) is 0 Å². The number of fused-ring (bicyclic) bond motifs is 10. The number of benzene rings is 10. The number of hydrogen-bond donors (Lipinski definition) is 2. The Hall–Kier alpha value is -9.59. The number of allylic oxidation sites excluding steroid dienone is 1. The largest absolute Gasteiger partial charge is 0.397 e. The molecule has 0 aromatic heterocycles. The number of hydrogen-bond acceptors (Lipinski definition) is 7. The number of anilines is 14. The average Bonchev–Trinajstić information content (AvgIpc) is 3.44. The Morgan fingerprint density at radius 3 is 1.37 bits per heavy atom. The fourth-order valence-electron chi connectivity index (χ4n) is 10.3. The van der Waals surface area contributed by atoms with Gasteiger partial charge < -0.3 is 30.7 Å². The summed E-state index contributed by atoms with van der Waals surface area (Å²) in [4.78, 5) is 15.2. The summed E-state index contributed by atoms with van der Waals surface area (Å²) < 4.78 is 0. The molecular formula is C66H53N7. The van der Waals surface area contributed by atoms with Gasteiger partial charge >= 0.3 is 0 Å². The van der Waals surface area contributed by atoms with Crippen molar-refractivity contribution < 1.29 is 0 Å². The second kappa shape index (κ2) is 20.0. The quantitative estimate of drug-likeness (QED) is 0.155. The smallest absolute Gasteiger partial charge is 0.0660 e. The molecule has 0 spiro atoms. The van der Waals surface area contributed by atoms with Crippen LogP contribution in [0, 0.1) is 0 Å². The monoisotopic (exact) mass is 943 g/mol. The summed E-state index contributed by atoms with van der Waals surface area (Å²) in [5.41, 5.74) is 24.3. The zero-order valence-electron chi connectivity index (χ0n) is 40.3. The predicted molar refractivity (Wildman–Crippen MR) is 308 cm³/mol. The normalized spacial score (nSPS) is 14.3. The van der Waals surface area contributed by atoms with Gasteiger partial charge in [0.15, 0.2) is 0 Å². The van der Waals surface area contributed by atoms with E-state index in [2.05, 4.69) is 274 Å². The molecular weight excluding hydrogens is 891 g/mol. The van der Waals surface area contributed by atoms with Crippen molar-refractivity contribution in [3.05, 3.63) is 273 Å². The highest BCUT2D eigenvalue weighted by Crippen LogP contribution is 2.46. The summed E-state index contributed by atoms with van der Waals surface area (Å²) in [6.07, 6.45) is 6.08. The minimum absolute atomic E-state index is 0.0763. The molecule has 0 fully saturated rings. The van der Waals surface area contributed by atoms with Gasteiger partial charge in [0, 0.05) is 92.0 Å². The fraction of sp³-hybridized carbons (Fsp3) is 0.0455. The standard InChI is InChI=1S/C66H53N7/c67-64-38-14-16-40-66(64)69-65-39-15-13-37-63(65)48-41-50-44-62(42-48)73(54-28-11-4-12-29-54)61-36-20-35-60(47-61)72(53-26-9-3-10-27-53)59-34-19-33-58(46-59)71(52-24-7-2-8-25-52)57-32-18-31-56(45-57)70(51-22-5-1-6-23-51)55-30-17-21-49(43-55)68-50/h1-29,31-42,44-47,55,69H,30,43,67H2. The molecule has 1 atom stereocenters. The summed E-state index contributed by atoms with van der Waals surface area (Å²) in [6, 6.07) is 92.6. The SMILES string of the molecule is Nc1ccccc1Nc1ccccc1-c1cc2cc(c1)N(c1ccccc1)c1cccc(c1)N(c1ccccc1)c1cccc(c1)N(c1ccccc1)c1cccc(c1)N(c1ccccc1)C1CC=CC(=N2)C1. The van der Waals surface area contributed by atoms with Crippen molar-refractivity contribution >= 4 is 91.0 Å². The van der Waals surface area contributed by atoms with E-state index in [4.69, 9.17) is 10.7 Å². The van der Waals surface area contributed by atoms with Crippen LogP contribution in [0.25, 0.3) is 11.1 Å². The van der Waals surface area contributed by atoms with E-state index < -0.39 is 0 Å². The van der Waals surface area contributed by atoms with Crippen LogP contribution < -0.4 is 30.7 Å². The van der Waals surface area contributed by atoms with Crippen LogP contribution in [0.15, 0.2) is 278 Å². The zero-order valence-corrected chi connectivity index (χ0v) is 40.3. The van der Waals surface area contributed by atoms with E-state index in [-0.39, 0.29) is 6.04 Å². The molecule has 12 rings (SSSR count). The third kappa shape index (κ3) is 9.31. The first-order chi connectivity index (χ1) is 36.1. The molecule has 1 unspecified atom stereocenters. The molecule has 10 bridgehead atoms. The van der Waals surface area contributed by atoms with Crippen molar-refractivity contribution in [1.29, 1.82) is 0 Å². The molecule has 10 aromatic carbocycles. The van der Waals surface area contributed by atoms with Crippen LogP contribution in [0.5, 0.6) is 0 Å². The van der Waals surface area contributed by atoms with E-state index in [0.717, 1.165) is 109 Å². The lowest BCUT2D eigenvalue weighted by Crippen LogP contribution is -2.34. The lowest BCUT2D eigenvalue weighted by molar-refractivity contribution is 0.677. The topological polar surface area (TPSA) is 63.4 Å². The van der Waals surface area contributed by atoms with E-state index in [1.165, 1.54) is 0 Å². The first-order valence-electron chi connectivity index (χ1n) is 24.9. The first kappa shape index (κ1) is 44.6. The van der Waals surface area contributed by atoms with Gasteiger partial charge in [-0.3, -0.25) is 4.99 Å². The summed E-state index contributed by atoms with van der Waals surface area (Å²) in [6.45, 7) is 0. The Balaban J connectivity index is 1.11. The second-order valence-corrected chi connectivity index (χ2v) is 18.4. The highest BCUT2D eigenvalue weighted by molar-refractivity contribution is 6.00. The number of nitrogens with one attached hydrogen (secondary N) is 1. The molecule has 73 heavy (non-hydrogen) atoms.